The maximum absolute atomic E-state index is 14.1. The van der Waals surface area contributed by atoms with Gasteiger partial charge in [-0.25, -0.2) is 33.2 Å². The summed E-state index contributed by atoms with van der Waals surface area (Å²) in [5.74, 6) is -0.721. The van der Waals surface area contributed by atoms with Gasteiger partial charge in [-0.3, -0.25) is 9.55 Å². The lowest BCUT2D eigenvalue weighted by molar-refractivity contribution is 0.588. The number of halogens is 2. The quantitative estimate of drug-likeness (QED) is 0.508. The van der Waals surface area contributed by atoms with E-state index in [1.807, 2.05) is 0 Å². The predicted octanol–water partition coefficient (Wildman–Crippen LogP) is 2.39. The largest absolute Gasteiger partial charge is 0.327 e. The Morgan fingerprint density at radius 2 is 1.97 bits per heavy atom. The topological polar surface area (TPSA) is 94.3 Å². The van der Waals surface area contributed by atoms with Crippen molar-refractivity contribution in [1.82, 2.24) is 34.3 Å². The van der Waals surface area contributed by atoms with Crippen LogP contribution in [0.5, 0.6) is 0 Å². The van der Waals surface area contributed by atoms with Crippen LogP contribution < -0.4 is 5.69 Å². The van der Waals surface area contributed by atoms with Gasteiger partial charge in [0.15, 0.2) is 17.1 Å². The second-order valence-corrected chi connectivity index (χ2v) is 6.54. The lowest BCUT2D eigenvalue weighted by atomic mass is 10.2. The monoisotopic (exact) mass is 393 g/mol. The average molecular weight is 393 g/mol. The number of aromatic amines is 1. The van der Waals surface area contributed by atoms with Crippen LogP contribution >= 0.6 is 0 Å². The van der Waals surface area contributed by atoms with Gasteiger partial charge < -0.3 is 0 Å². The highest BCUT2D eigenvalue weighted by Crippen LogP contribution is 2.26. The van der Waals surface area contributed by atoms with Crippen molar-refractivity contribution in [2.45, 2.75) is 6.54 Å². The summed E-state index contributed by atoms with van der Waals surface area (Å²) < 4.78 is 30.9. The molecule has 1 aromatic carbocycles. The Hall–Kier alpha value is -3.95. The van der Waals surface area contributed by atoms with Crippen molar-refractivity contribution in [3.63, 3.8) is 0 Å². The van der Waals surface area contributed by atoms with Crippen molar-refractivity contribution in [2.24, 2.45) is 7.05 Å². The Kier molecular flexibility index (Phi) is 3.73. The van der Waals surface area contributed by atoms with Crippen LogP contribution in [0.15, 0.2) is 47.5 Å². The third kappa shape index (κ3) is 2.76. The average Bonchev–Trinajstić information content (AvgIpc) is 3.20. The van der Waals surface area contributed by atoms with Crippen LogP contribution in [0.4, 0.5) is 8.78 Å². The zero-order valence-corrected chi connectivity index (χ0v) is 15.1. The zero-order chi connectivity index (χ0) is 20.1. The van der Waals surface area contributed by atoms with Crippen LogP contribution in [0.1, 0.15) is 5.56 Å². The molecule has 29 heavy (non-hydrogen) atoms. The van der Waals surface area contributed by atoms with Gasteiger partial charge in [-0.05, 0) is 12.1 Å². The molecule has 0 atom stereocenters. The molecule has 0 aliphatic rings. The number of aromatic nitrogens is 7. The standard InChI is InChI=1S/C19H13F2N7O/c1-27-14-8-22-17(24-16(14)25-19(27)29)15-12-6-11(20)7-23-18(12)28(26-15)9-10-4-2-3-5-13(10)21/h2-8H,9H2,1H3,(H,22,24,25,29). The molecule has 0 saturated carbocycles. The first-order chi connectivity index (χ1) is 14.0. The van der Waals surface area contributed by atoms with Gasteiger partial charge in [0, 0.05) is 12.6 Å². The van der Waals surface area contributed by atoms with Crippen LogP contribution in [0, 0.1) is 11.6 Å². The molecule has 5 aromatic rings. The third-order valence-electron chi connectivity index (χ3n) is 4.70. The number of hydrogen-bond donors (Lipinski definition) is 1. The number of fused-ring (bicyclic) bond motifs is 2. The van der Waals surface area contributed by atoms with E-state index < -0.39 is 5.82 Å². The minimum absolute atomic E-state index is 0.103. The number of pyridine rings is 1. The number of imidazole rings is 1. The van der Waals surface area contributed by atoms with E-state index in [2.05, 4.69) is 25.0 Å². The molecular formula is C19H13F2N7O. The number of aryl methyl sites for hydroxylation is 1. The Balaban J connectivity index is 1.71. The van der Waals surface area contributed by atoms with E-state index >= 15 is 0 Å². The lowest BCUT2D eigenvalue weighted by Gasteiger charge is -2.04. The molecule has 10 heteroatoms. The molecule has 1 N–H and O–H groups in total. The summed E-state index contributed by atoms with van der Waals surface area (Å²) >= 11 is 0. The fourth-order valence-corrected chi connectivity index (χ4v) is 3.22. The summed E-state index contributed by atoms with van der Waals surface area (Å²) in [6.45, 7) is 0.103. The molecule has 0 bridgehead atoms. The lowest BCUT2D eigenvalue weighted by Crippen LogP contribution is -2.11. The number of nitrogens with zero attached hydrogens (tertiary/aromatic N) is 6. The van der Waals surface area contributed by atoms with Gasteiger partial charge in [-0.2, -0.15) is 5.10 Å². The van der Waals surface area contributed by atoms with Gasteiger partial charge in [0.2, 0.25) is 0 Å². The van der Waals surface area contributed by atoms with Crippen molar-refractivity contribution in [3.05, 3.63) is 70.4 Å². The molecule has 0 fully saturated rings. The summed E-state index contributed by atoms with van der Waals surface area (Å²) in [7, 11) is 1.60. The number of hydrogen-bond acceptors (Lipinski definition) is 5. The third-order valence-corrected chi connectivity index (χ3v) is 4.70. The summed E-state index contributed by atoms with van der Waals surface area (Å²) in [6.07, 6.45) is 2.56. The van der Waals surface area contributed by atoms with Crippen molar-refractivity contribution < 1.29 is 8.78 Å². The minimum atomic E-state index is -0.543. The van der Waals surface area contributed by atoms with Crippen molar-refractivity contribution >= 4 is 22.2 Å². The van der Waals surface area contributed by atoms with Crippen molar-refractivity contribution in [2.75, 3.05) is 0 Å². The second kappa shape index (κ2) is 6.30. The smallest absolute Gasteiger partial charge is 0.292 e. The van der Waals surface area contributed by atoms with Gasteiger partial charge >= 0.3 is 5.69 Å². The van der Waals surface area contributed by atoms with Crippen LogP contribution in [0.2, 0.25) is 0 Å². The number of H-pyrrole nitrogens is 1. The molecule has 0 amide bonds. The fraction of sp³-hybridized carbons (Fsp3) is 0.105. The fourth-order valence-electron chi connectivity index (χ4n) is 3.22. The molecule has 0 saturated heterocycles. The van der Waals surface area contributed by atoms with Crippen LogP contribution in [0.25, 0.3) is 33.7 Å². The van der Waals surface area contributed by atoms with E-state index in [1.54, 1.807) is 25.2 Å². The highest BCUT2D eigenvalue weighted by molar-refractivity contribution is 5.90. The van der Waals surface area contributed by atoms with Gasteiger partial charge in [0.25, 0.3) is 0 Å². The Bertz CT molecular complexity index is 1450. The first kappa shape index (κ1) is 17.2. The maximum Gasteiger partial charge on any atom is 0.327 e. The van der Waals surface area contributed by atoms with Gasteiger partial charge in [0.05, 0.1) is 24.3 Å². The van der Waals surface area contributed by atoms with E-state index in [9.17, 15) is 13.6 Å². The van der Waals surface area contributed by atoms with Gasteiger partial charge in [-0.15, -0.1) is 0 Å². The molecule has 4 aromatic heterocycles. The normalized spacial score (nSPS) is 11.6. The van der Waals surface area contributed by atoms with Crippen LogP contribution in [-0.4, -0.2) is 34.3 Å². The van der Waals surface area contributed by atoms with E-state index in [0.717, 1.165) is 6.20 Å². The number of nitrogens with one attached hydrogen (secondary N) is 1. The molecule has 144 valence electrons. The molecule has 5 rings (SSSR count). The zero-order valence-electron chi connectivity index (χ0n) is 15.1. The molecule has 0 aliphatic carbocycles. The summed E-state index contributed by atoms with van der Waals surface area (Å²) in [4.78, 5) is 27.2. The van der Waals surface area contributed by atoms with E-state index in [4.69, 9.17) is 0 Å². The number of rotatable bonds is 3. The summed E-state index contributed by atoms with van der Waals surface area (Å²) in [5, 5.41) is 4.86. The van der Waals surface area contributed by atoms with E-state index in [-0.39, 0.29) is 29.6 Å². The maximum atomic E-state index is 14.1. The Labute approximate surface area is 161 Å². The van der Waals surface area contributed by atoms with Gasteiger partial charge in [-0.1, -0.05) is 18.2 Å². The Morgan fingerprint density at radius 3 is 2.79 bits per heavy atom. The molecule has 8 nitrogen and oxygen atoms in total. The SMILES string of the molecule is Cn1c(=O)[nH]c2nc(-c3nn(Cc4ccccc4F)c4ncc(F)cc34)ncc21. The molecule has 0 unspecified atom stereocenters. The van der Waals surface area contributed by atoms with Crippen LogP contribution in [0.3, 0.4) is 0 Å². The molecule has 0 spiro atoms. The highest BCUT2D eigenvalue weighted by Gasteiger charge is 2.19. The first-order valence-corrected chi connectivity index (χ1v) is 8.69. The minimum Gasteiger partial charge on any atom is -0.292 e. The van der Waals surface area contributed by atoms with Gasteiger partial charge in [0.1, 0.15) is 22.8 Å². The molecular weight excluding hydrogens is 380 g/mol. The highest BCUT2D eigenvalue weighted by atomic mass is 19.1. The summed E-state index contributed by atoms with van der Waals surface area (Å²) in [6, 6.07) is 7.61. The van der Waals surface area contributed by atoms with Crippen molar-refractivity contribution in [3.8, 4) is 11.5 Å². The van der Waals surface area contributed by atoms with Crippen LogP contribution in [-0.2, 0) is 13.6 Å². The number of benzene rings is 1. The molecule has 4 heterocycles. The second-order valence-electron chi connectivity index (χ2n) is 6.54. The summed E-state index contributed by atoms with van der Waals surface area (Å²) in [5.41, 5.74) is 1.61. The Morgan fingerprint density at radius 1 is 1.14 bits per heavy atom. The first-order valence-electron chi connectivity index (χ1n) is 8.69. The van der Waals surface area contributed by atoms with E-state index in [0.29, 0.717) is 27.8 Å². The molecule has 0 aliphatic heterocycles. The van der Waals surface area contributed by atoms with E-state index in [1.165, 1.54) is 27.6 Å². The molecule has 0 radical (unpaired) electrons. The predicted molar refractivity (Wildman–Crippen MR) is 101 cm³/mol. The van der Waals surface area contributed by atoms with Crippen molar-refractivity contribution in [1.29, 1.82) is 0 Å².